The van der Waals surface area contributed by atoms with Gasteiger partial charge in [-0.15, -0.1) is 0 Å². The van der Waals surface area contributed by atoms with E-state index in [-0.39, 0.29) is 0 Å². The van der Waals surface area contributed by atoms with Gasteiger partial charge in [-0.1, -0.05) is 6.07 Å². The first kappa shape index (κ1) is 8.91. The molecular weight excluding hydrogens is 204 g/mol. The fourth-order valence-electron chi connectivity index (χ4n) is 1.80. The van der Waals surface area contributed by atoms with Crippen molar-refractivity contribution in [2.45, 2.75) is 0 Å². The molecule has 0 saturated heterocycles. The minimum absolute atomic E-state index is 0.359. The van der Waals surface area contributed by atoms with Crippen molar-refractivity contribution < 1.29 is 9.59 Å². The van der Waals surface area contributed by atoms with Crippen LogP contribution in [0.2, 0.25) is 0 Å². The van der Waals surface area contributed by atoms with Crippen LogP contribution < -0.4 is 0 Å². The molecule has 76 valence electrons. The first-order valence-corrected chi connectivity index (χ1v) is 4.78. The molecule has 0 bridgehead atoms. The van der Waals surface area contributed by atoms with Crippen molar-refractivity contribution in [3.8, 4) is 0 Å². The summed E-state index contributed by atoms with van der Waals surface area (Å²) in [6.07, 6.45) is 2.71. The van der Waals surface area contributed by atoms with E-state index in [9.17, 15) is 9.59 Å². The van der Waals surface area contributed by atoms with Crippen molar-refractivity contribution in [1.29, 1.82) is 0 Å². The van der Waals surface area contributed by atoms with Gasteiger partial charge in [0.25, 0.3) is 0 Å². The maximum atomic E-state index is 11.8. The first-order chi connectivity index (χ1) is 7.77. The van der Waals surface area contributed by atoms with Crippen molar-refractivity contribution in [3.63, 3.8) is 0 Å². The molecule has 4 heteroatoms. The molecule has 0 aliphatic carbocycles. The van der Waals surface area contributed by atoms with E-state index >= 15 is 0 Å². The zero-order valence-corrected chi connectivity index (χ0v) is 8.18. The van der Waals surface area contributed by atoms with Gasteiger partial charge in [0.05, 0.1) is 23.0 Å². The van der Waals surface area contributed by atoms with Crippen LogP contribution in [-0.4, -0.2) is 22.8 Å². The fourth-order valence-corrected chi connectivity index (χ4v) is 1.80. The van der Waals surface area contributed by atoms with Crippen molar-refractivity contribution in [2.75, 3.05) is 0 Å². The van der Waals surface area contributed by atoms with Gasteiger partial charge in [-0.25, -0.2) is 0 Å². The zero-order valence-electron chi connectivity index (χ0n) is 8.18. The standard InChI is InChI=1S/C12H6N2O2/c15-10-6-14-9-4-3-8-7(2-1-5-13-8)11(9)12(10)16/h1-6H. The Morgan fingerprint density at radius 1 is 1.06 bits per heavy atom. The summed E-state index contributed by atoms with van der Waals surface area (Å²) in [5, 5.41) is 0.676. The van der Waals surface area contributed by atoms with Crippen LogP contribution >= 0.6 is 0 Å². The fraction of sp³-hybridized carbons (Fsp3) is 0. The van der Waals surface area contributed by atoms with E-state index in [2.05, 4.69) is 9.98 Å². The zero-order chi connectivity index (χ0) is 11.1. The summed E-state index contributed by atoms with van der Waals surface area (Å²) in [5.41, 5.74) is 1.59. The summed E-state index contributed by atoms with van der Waals surface area (Å²) in [6.45, 7) is 0. The highest BCUT2D eigenvalue weighted by molar-refractivity contribution is 6.65. The van der Waals surface area contributed by atoms with E-state index in [4.69, 9.17) is 0 Å². The van der Waals surface area contributed by atoms with Crippen LogP contribution in [0.1, 0.15) is 10.4 Å². The van der Waals surface area contributed by atoms with E-state index in [0.717, 1.165) is 6.21 Å². The molecule has 0 radical (unpaired) electrons. The molecule has 1 aromatic carbocycles. The smallest absolute Gasteiger partial charge is 0.244 e. The maximum Gasteiger partial charge on any atom is 0.244 e. The Morgan fingerprint density at radius 2 is 1.94 bits per heavy atom. The number of carbonyl (C=O) groups excluding carboxylic acids is 2. The third kappa shape index (κ3) is 1.10. The molecule has 4 nitrogen and oxygen atoms in total. The summed E-state index contributed by atoms with van der Waals surface area (Å²) in [5.74, 6) is -1.09. The van der Waals surface area contributed by atoms with Gasteiger partial charge in [-0.05, 0) is 18.2 Å². The molecular formula is C12H6N2O2. The van der Waals surface area contributed by atoms with Gasteiger partial charge in [0.15, 0.2) is 0 Å². The number of ketones is 2. The van der Waals surface area contributed by atoms with Gasteiger partial charge < -0.3 is 0 Å². The Morgan fingerprint density at radius 3 is 2.81 bits per heavy atom. The van der Waals surface area contributed by atoms with Crippen molar-refractivity contribution >= 4 is 34.4 Å². The van der Waals surface area contributed by atoms with Crippen LogP contribution in [0.4, 0.5) is 5.69 Å². The van der Waals surface area contributed by atoms with E-state index in [1.54, 1.807) is 30.5 Å². The van der Waals surface area contributed by atoms with E-state index in [1.807, 2.05) is 0 Å². The topological polar surface area (TPSA) is 59.4 Å². The molecule has 0 spiro atoms. The quantitative estimate of drug-likeness (QED) is 0.622. The third-order valence-electron chi connectivity index (χ3n) is 2.53. The average molecular weight is 210 g/mol. The molecule has 1 aromatic heterocycles. The van der Waals surface area contributed by atoms with E-state index < -0.39 is 11.6 Å². The lowest BCUT2D eigenvalue weighted by atomic mass is 9.98. The average Bonchev–Trinajstić information content (AvgIpc) is 2.33. The highest BCUT2D eigenvalue weighted by atomic mass is 16.2. The number of pyridine rings is 1. The molecule has 0 amide bonds. The van der Waals surface area contributed by atoms with Gasteiger partial charge in [-0.2, -0.15) is 0 Å². The molecule has 0 N–H and O–H groups in total. The number of carbonyl (C=O) groups is 2. The van der Waals surface area contributed by atoms with E-state index in [1.165, 1.54) is 0 Å². The Balaban J connectivity index is 2.46. The normalized spacial score (nSPS) is 14.2. The molecule has 3 rings (SSSR count). The summed E-state index contributed by atoms with van der Waals surface area (Å²) in [7, 11) is 0. The van der Waals surface area contributed by atoms with Crippen LogP contribution in [0.25, 0.3) is 10.9 Å². The predicted octanol–water partition coefficient (Wildman–Crippen LogP) is 1.70. The number of aromatic nitrogens is 1. The summed E-state index contributed by atoms with van der Waals surface area (Å²) < 4.78 is 0. The lowest BCUT2D eigenvalue weighted by Crippen LogP contribution is -2.19. The number of benzene rings is 1. The van der Waals surface area contributed by atoms with Gasteiger partial charge in [0, 0.05) is 11.6 Å². The van der Waals surface area contributed by atoms with Gasteiger partial charge in [-0.3, -0.25) is 19.6 Å². The number of hydrogen-bond acceptors (Lipinski definition) is 4. The number of Topliss-reactive ketones (excluding diaryl/α,β-unsaturated/α-hetero) is 2. The molecule has 1 aliphatic heterocycles. The SMILES string of the molecule is O=C1C=Nc2ccc3ncccc3c2C1=O. The highest BCUT2D eigenvalue weighted by Crippen LogP contribution is 2.29. The summed E-state index contributed by atoms with van der Waals surface area (Å²) in [6, 6.07) is 6.99. The molecule has 2 aromatic rings. The van der Waals surface area contributed by atoms with Gasteiger partial charge in [0.2, 0.25) is 11.6 Å². The Kier molecular flexibility index (Phi) is 1.71. The summed E-state index contributed by atoms with van der Waals surface area (Å²) >= 11 is 0. The lowest BCUT2D eigenvalue weighted by Gasteiger charge is -2.09. The van der Waals surface area contributed by atoms with Crippen LogP contribution in [0.15, 0.2) is 35.5 Å². The van der Waals surface area contributed by atoms with Gasteiger partial charge >= 0.3 is 0 Å². The second kappa shape index (κ2) is 3.06. The number of nitrogens with zero attached hydrogens (tertiary/aromatic N) is 2. The van der Waals surface area contributed by atoms with Crippen molar-refractivity contribution in [1.82, 2.24) is 4.98 Å². The molecule has 0 saturated carbocycles. The Bertz CT molecular complexity index is 659. The van der Waals surface area contributed by atoms with Crippen LogP contribution in [0.5, 0.6) is 0 Å². The molecule has 0 atom stereocenters. The minimum atomic E-state index is -0.580. The van der Waals surface area contributed by atoms with Gasteiger partial charge in [0.1, 0.15) is 0 Å². The molecule has 0 fully saturated rings. The maximum absolute atomic E-state index is 11.8. The Hall–Kier alpha value is -2.36. The Labute approximate surface area is 90.6 Å². The number of hydrogen-bond donors (Lipinski definition) is 0. The van der Waals surface area contributed by atoms with E-state index in [0.29, 0.717) is 22.2 Å². The summed E-state index contributed by atoms with van der Waals surface area (Å²) in [4.78, 5) is 31.1. The first-order valence-electron chi connectivity index (χ1n) is 4.78. The van der Waals surface area contributed by atoms with Crippen LogP contribution in [0, 0.1) is 0 Å². The predicted molar refractivity (Wildman–Crippen MR) is 59.2 cm³/mol. The van der Waals surface area contributed by atoms with Crippen LogP contribution in [-0.2, 0) is 4.79 Å². The highest BCUT2D eigenvalue weighted by Gasteiger charge is 2.24. The largest absolute Gasteiger partial charge is 0.285 e. The minimum Gasteiger partial charge on any atom is -0.285 e. The molecule has 2 heterocycles. The monoisotopic (exact) mass is 210 g/mol. The third-order valence-corrected chi connectivity index (χ3v) is 2.53. The second-order valence-electron chi connectivity index (χ2n) is 3.48. The number of rotatable bonds is 0. The second-order valence-corrected chi connectivity index (χ2v) is 3.48. The molecule has 1 aliphatic rings. The van der Waals surface area contributed by atoms with Crippen molar-refractivity contribution in [3.05, 3.63) is 36.0 Å². The lowest BCUT2D eigenvalue weighted by molar-refractivity contribution is -0.109. The molecule has 0 unspecified atom stereocenters. The number of fused-ring (bicyclic) bond motifs is 3. The van der Waals surface area contributed by atoms with Crippen molar-refractivity contribution in [2.24, 2.45) is 4.99 Å². The number of aliphatic imine (C=N–C) groups is 1. The van der Waals surface area contributed by atoms with Crippen LogP contribution in [0.3, 0.4) is 0 Å². The molecule has 16 heavy (non-hydrogen) atoms.